The van der Waals surface area contributed by atoms with Crippen molar-refractivity contribution in [2.24, 2.45) is 0 Å². The number of aryl methyl sites for hydroxylation is 1. The van der Waals surface area contributed by atoms with Gasteiger partial charge in [0.05, 0.1) is 24.2 Å². The lowest BCUT2D eigenvalue weighted by Crippen LogP contribution is -2.34. The largest absolute Gasteiger partial charge is 0.418 e. The SMILES string of the molecule is Cc1ccc(CC(=O)NCC(=O)Nc2ccccc2C(F)(F)F)cc1. The maximum atomic E-state index is 12.9. The predicted octanol–water partition coefficient (Wildman–Crippen LogP) is 3.31. The topological polar surface area (TPSA) is 58.2 Å². The van der Waals surface area contributed by atoms with Crippen molar-refractivity contribution in [2.75, 3.05) is 11.9 Å². The monoisotopic (exact) mass is 350 g/mol. The molecule has 4 nitrogen and oxygen atoms in total. The summed E-state index contributed by atoms with van der Waals surface area (Å²) in [7, 11) is 0. The number of hydrogen-bond acceptors (Lipinski definition) is 2. The molecule has 7 heteroatoms. The van der Waals surface area contributed by atoms with Crippen LogP contribution in [0.15, 0.2) is 48.5 Å². The van der Waals surface area contributed by atoms with Gasteiger partial charge < -0.3 is 10.6 Å². The third-order valence-corrected chi connectivity index (χ3v) is 3.44. The minimum Gasteiger partial charge on any atom is -0.347 e. The van der Waals surface area contributed by atoms with Crippen molar-refractivity contribution in [3.63, 3.8) is 0 Å². The number of carbonyl (C=O) groups excluding carboxylic acids is 2. The Morgan fingerprint density at radius 1 is 0.960 bits per heavy atom. The molecule has 0 saturated heterocycles. The Labute approximate surface area is 143 Å². The molecule has 0 radical (unpaired) electrons. The lowest BCUT2D eigenvalue weighted by atomic mass is 10.1. The molecule has 0 aliphatic heterocycles. The van der Waals surface area contributed by atoms with Crippen LogP contribution >= 0.6 is 0 Å². The molecular formula is C18H17F3N2O2. The summed E-state index contributed by atoms with van der Waals surface area (Å²) in [5.41, 5.74) is 0.569. The Morgan fingerprint density at radius 2 is 1.60 bits per heavy atom. The van der Waals surface area contributed by atoms with Gasteiger partial charge in [-0.15, -0.1) is 0 Å². The first kappa shape index (κ1) is 18.5. The lowest BCUT2D eigenvalue weighted by Gasteiger charge is -2.13. The molecule has 0 heterocycles. The Kier molecular flexibility index (Phi) is 5.80. The normalized spacial score (nSPS) is 11.0. The molecule has 2 aromatic carbocycles. The Hall–Kier alpha value is -2.83. The highest BCUT2D eigenvalue weighted by Gasteiger charge is 2.33. The van der Waals surface area contributed by atoms with Crippen LogP contribution in [0.3, 0.4) is 0 Å². The Balaban J connectivity index is 1.89. The van der Waals surface area contributed by atoms with Gasteiger partial charge in [0.1, 0.15) is 0 Å². The first-order valence-electron chi connectivity index (χ1n) is 7.54. The first-order chi connectivity index (χ1) is 11.8. The van der Waals surface area contributed by atoms with Gasteiger partial charge in [-0.3, -0.25) is 9.59 Å². The van der Waals surface area contributed by atoms with Crippen LogP contribution in [-0.2, 0) is 22.2 Å². The highest BCUT2D eigenvalue weighted by atomic mass is 19.4. The summed E-state index contributed by atoms with van der Waals surface area (Å²) >= 11 is 0. The molecule has 0 atom stereocenters. The molecule has 0 bridgehead atoms. The van der Waals surface area contributed by atoms with Crippen LogP contribution in [0.25, 0.3) is 0 Å². The molecule has 25 heavy (non-hydrogen) atoms. The second-order valence-electron chi connectivity index (χ2n) is 5.53. The van der Waals surface area contributed by atoms with Crippen LogP contribution in [0.4, 0.5) is 18.9 Å². The van der Waals surface area contributed by atoms with E-state index in [1.807, 2.05) is 19.1 Å². The fraction of sp³-hybridized carbons (Fsp3) is 0.222. The molecule has 0 spiro atoms. The van der Waals surface area contributed by atoms with E-state index in [4.69, 9.17) is 0 Å². The Bertz CT molecular complexity index is 756. The zero-order chi connectivity index (χ0) is 18.4. The Morgan fingerprint density at radius 3 is 2.24 bits per heavy atom. The molecular weight excluding hydrogens is 333 g/mol. The molecule has 2 N–H and O–H groups in total. The van der Waals surface area contributed by atoms with Crippen LogP contribution < -0.4 is 10.6 Å². The molecule has 0 saturated carbocycles. The molecule has 2 aromatic rings. The van der Waals surface area contributed by atoms with E-state index in [0.717, 1.165) is 23.3 Å². The number of para-hydroxylation sites is 1. The minimum atomic E-state index is -4.57. The number of hydrogen-bond donors (Lipinski definition) is 2. The lowest BCUT2D eigenvalue weighted by molar-refractivity contribution is -0.137. The van der Waals surface area contributed by atoms with Crippen LogP contribution in [0.5, 0.6) is 0 Å². The van der Waals surface area contributed by atoms with Gasteiger partial charge in [0, 0.05) is 0 Å². The van der Waals surface area contributed by atoms with Gasteiger partial charge in [-0.2, -0.15) is 13.2 Å². The van der Waals surface area contributed by atoms with Crippen molar-refractivity contribution in [1.29, 1.82) is 0 Å². The summed E-state index contributed by atoms with van der Waals surface area (Å²) in [5, 5.41) is 4.56. The zero-order valence-corrected chi connectivity index (χ0v) is 13.5. The van der Waals surface area contributed by atoms with E-state index in [1.165, 1.54) is 12.1 Å². The van der Waals surface area contributed by atoms with Crippen molar-refractivity contribution in [3.8, 4) is 0 Å². The summed E-state index contributed by atoms with van der Waals surface area (Å²) < 4.78 is 38.6. The van der Waals surface area contributed by atoms with Crippen molar-refractivity contribution in [3.05, 3.63) is 65.2 Å². The fourth-order valence-corrected chi connectivity index (χ4v) is 2.17. The summed E-state index contributed by atoms with van der Waals surface area (Å²) in [6.45, 7) is 1.52. The smallest absolute Gasteiger partial charge is 0.347 e. The van der Waals surface area contributed by atoms with E-state index in [9.17, 15) is 22.8 Å². The standard InChI is InChI=1S/C18H17F3N2O2/c1-12-6-8-13(9-7-12)10-16(24)22-11-17(25)23-15-5-3-2-4-14(15)18(19,20)21/h2-9H,10-11H2,1H3,(H,22,24)(H,23,25). The molecule has 0 aliphatic rings. The molecule has 132 valence electrons. The van der Waals surface area contributed by atoms with E-state index < -0.39 is 24.2 Å². The zero-order valence-electron chi connectivity index (χ0n) is 13.5. The second kappa shape index (κ2) is 7.83. The molecule has 0 fully saturated rings. The minimum absolute atomic E-state index is 0.0900. The van der Waals surface area contributed by atoms with Crippen molar-refractivity contribution >= 4 is 17.5 Å². The predicted molar refractivity (Wildman–Crippen MR) is 88.0 cm³/mol. The van der Waals surface area contributed by atoms with Crippen molar-refractivity contribution in [2.45, 2.75) is 19.5 Å². The van der Waals surface area contributed by atoms with Gasteiger partial charge in [-0.1, -0.05) is 42.0 Å². The van der Waals surface area contributed by atoms with Gasteiger partial charge >= 0.3 is 6.18 Å². The van der Waals surface area contributed by atoms with Gasteiger partial charge in [0.2, 0.25) is 11.8 Å². The number of benzene rings is 2. The maximum absolute atomic E-state index is 12.9. The van der Waals surface area contributed by atoms with E-state index in [0.29, 0.717) is 0 Å². The summed E-state index contributed by atoms with van der Waals surface area (Å²) in [5.74, 6) is -1.11. The number of alkyl halides is 3. The molecule has 0 aliphatic carbocycles. The molecule has 0 unspecified atom stereocenters. The summed E-state index contributed by atoms with van der Waals surface area (Å²) in [6, 6.07) is 12.0. The molecule has 2 amide bonds. The maximum Gasteiger partial charge on any atom is 0.418 e. The number of anilines is 1. The van der Waals surface area contributed by atoms with Gasteiger partial charge in [0.15, 0.2) is 0 Å². The summed E-state index contributed by atoms with van der Waals surface area (Å²) in [4.78, 5) is 23.6. The number of carbonyl (C=O) groups is 2. The van der Waals surface area contributed by atoms with Crippen molar-refractivity contribution < 1.29 is 22.8 Å². The van der Waals surface area contributed by atoms with Gasteiger partial charge in [0.25, 0.3) is 0 Å². The third-order valence-electron chi connectivity index (χ3n) is 3.44. The van der Waals surface area contributed by atoms with E-state index in [1.54, 1.807) is 12.1 Å². The van der Waals surface area contributed by atoms with Crippen molar-refractivity contribution in [1.82, 2.24) is 5.32 Å². The molecule has 0 aromatic heterocycles. The average molecular weight is 350 g/mol. The highest BCUT2D eigenvalue weighted by Crippen LogP contribution is 2.34. The van der Waals surface area contributed by atoms with Crippen LogP contribution in [-0.4, -0.2) is 18.4 Å². The van der Waals surface area contributed by atoms with E-state index >= 15 is 0 Å². The highest BCUT2D eigenvalue weighted by molar-refractivity contribution is 5.95. The number of amides is 2. The summed E-state index contributed by atoms with van der Waals surface area (Å²) in [6.07, 6.45) is -4.48. The quantitative estimate of drug-likeness (QED) is 0.869. The van der Waals surface area contributed by atoms with E-state index in [2.05, 4.69) is 10.6 Å². The number of nitrogens with one attached hydrogen (secondary N) is 2. The van der Waals surface area contributed by atoms with Crippen LogP contribution in [0, 0.1) is 6.92 Å². The number of halogens is 3. The van der Waals surface area contributed by atoms with Gasteiger partial charge in [-0.05, 0) is 24.6 Å². The number of rotatable bonds is 5. The fourth-order valence-electron chi connectivity index (χ4n) is 2.17. The second-order valence-corrected chi connectivity index (χ2v) is 5.53. The third kappa shape index (κ3) is 5.63. The van der Waals surface area contributed by atoms with Crippen LogP contribution in [0.1, 0.15) is 16.7 Å². The van der Waals surface area contributed by atoms with Crippen LogP contribution in [0.2, 0.25) is 0 Å². The first-order valence-corrected chi connectivity index (χ1v) is 7.54. The molecule has 2 rings (SSSR count). The van der Waals surface area contributed by atoms with Gasteiger partial charge in [-0.25, -0.2) is 0 Å². The van der Waals surface area contributed by atoms with E-state index in [-0.39, 0.29) is 18.0 Å². The average Bonchev–Trinajstić information content (AvgIpc) is 2.55.